The Morgan fingerprint density at radius 1 is 1.09 bits per heavy atom. The summed E-state index contributed by atoms with van der Waals surface area (Å²) >= 11 is 0. The van der Waals surface area contributed by atoms with Crippen molar-refractivity contribution in [1.82, 2.24) is 15.5 Å². The Balaban J connectivity index is 1.29. The molecule has 4 atom stereocenters. The average molecular weight is 440 g/mol. The number of ether oxygens (including phenoxy) is 1. The Morgan fingerprint density at radius 2 is 1.75 bits per heavy atom. The molecule has 1 aromatic carbocycles. The van der Waals surface area contributed by atoms with E-state index in [1.165, 1.54) is 12.0 Å². The number of benzene rings is 1. The Labute approximate surface area is 187 Å². The fourth-order valence-corrected chi connectivity index (χ4v) is 4.85. The van der Waals surface area contributed by atoms with Gasteiger partial charge in [0, 0.05) is 25.3 Å². The number of imide groups is 1. The summed E-state index contributed by atoms with van der Waals surface area (Å²) in [6, 6.07) is 7.32. The summed E-state index contributed by atoms with van der Waals surface area (Å²) in [5.41, 5.74) is 1.61. The highest BCUT2D eigenvalue weighted by atomic mass is 16.5. The number of rotatable bonds is 7. The van der Waals surface area contributed by atoms with Crippen molar-refractivity contribution in [3.63, 3.8) is 0 Å². The number of nitrogens with one attached hydrogen (secondary N) is 3. The first-order valence-corrected chi connectivity index (χ1v) is 11.0. The van der Waals surface area contributed by atoms with E-state index in [0.717, 1.165) is 12.0 Å². The van der Waals surface area contributed by atoms with Gasteiger partial charge in [0.2, 0.25) is 11.8 Å². The number of allylic oxidation sites excluding steroid dienone is 2. The molecular formula is C23H29N5O4. The standard InChI is InChI=1S/C23H29N5O4/c1-3-24-22(26-13-14-4-8-17(9-5-14)27-23(31)32-2)25-10-11-28-20(29)18-15-6-7-16(12-15)19(18)21(28)30/h4-9,15-16,18-19H,3,10-13H2,1-2H3,(H,27,31)(H2,24,25,26). The van der Waals surface area contributed by atoms with E-state index in [1.54, 1.807) is 12.1 Å². The van der Waals surface area contributed by atoms with Gasteiger partial charge in [-0.3, -0.25) is 19.8 Å². The first kappa shape index (κ1) is 21.9. The van der Waals surface area contributed by atoms with Crippen LogP contribution in [-0.2, 0) is 20.9 Å². The summed E-state index contributed by atoms with van der Waals surface area (Å²) in [5, 5.41) is 8.99. The molecule has 1 saturated heterocycles. The van der Waals surface area contributed by atoms with Crippen LogP contribution in [0.2, 0.25) is 0 Å². The maximum atomic E-state index is 12.8. The lowest BCUT2D eigenvalue weighted by Gasteiger charge is -2.18. The lowest BCUT2D eigenvalue weighted by molar-refractivity contribution is -0.140. The zero-order chi connectivity index (χ0) is 22.7. The van der Waals surface area contributed by atoms with E-state index in [2.05, 4.69) is 37.8 Å². The molecule has 2 fully saturated rings. The van der Waals surface area contributed by atoms with E-state index in [1.807, 2.05) is 19.1 Å². The maximum Gasteiger partial charge on any atom is 0.411 e. The average Bonchev–Trinajstić information content (AvgIpc) is 3.48. The van der Waals surface area contributed by atoms with E-state index < -0.39 is 6.09 Å². The summed E-state index contributed by atoms with van der Waals surface area (Å²) in [7, 11) is 1.32. The fourth-order valence-electron chi connectivity index (χ4n) is 4.85. The lowest BCUT2D eigenvalue weighted by Crippen LogP contribution is -2.43. The van der Waals surface area contributed by atoms with E-state index in [9.17, 15) is 14.4 Å². The maximum absolute atomic E-state index is 12.8. The van der Waals surface area contributed by atoms with E-state index >= 15 is 0 Å². The molecule has 3 amide bonds. The first-order chi connectivity index (χ1) is 15.5. The third-order valence-electron chi connectivity index (χ3n) is 6.34. The van der Waals surface area contributed by atoms with Crippen LogP contribution in [-0.4, -0.2) is 55.5 Å². The number of likely N-dealkylation sites (tertiary alicyclic amines) is 1. The summed E-state index contributed by atoms with van der Waals surface area (Å²) in [6.07, 6.45) is 4.63. The van der Waals surface area contributed by atoms with Crippen molar-refractivity contribution in [3.05, 3.63) is 42.0 Å². The van der Waals surface area contributed by atoms with E-state index in [4.69, 9.17) is 0 Å². The van der Waals surface area contributed by atoms with Gasteiger partial charge >= 0.3 is 6.09 Å². The van der Waals surface area contributed by atoms with Gasteiger partial charge in [-0.2, -0.15) is 0 Å². The SMILES string of the molecule is CCNC(=NCc1ccc(NC(=O)OC)cc1)NCCN1C(=O)C2C3C=CC(C3)C2C1=O. The second kappa shape index (κ2) is 9.42. The molecule has 0 radical (unpaired) electrons. The largest absolute Gasteiger partial charge is 0.453 e. The third-order valence-corrected chi connectivity index (χ3v) is 6.34. The smallest absolute Gasteiger partial charge is 0.411 e. The van der Waals surface area contributed by atoms with Gasteiger partial charge < -0.3 is 15.4 Å². The first-order valence-electron chi connectivity index (χ1n) is 11.0. The van der Waals surface area contributed by atoms with Gasteiger partial charge in [0.25, 0.3) is 0 Å². The number of carbonyl (C=O) groups is 3. The second-order valence-electron chi connectivity index (χ2n) is 8.26. The van der Waals surface area contributed by atoms with Crippen LogP contribution in [0.5, 0.6) is 0 Å². The molecule has 0 spiro atoms. The van der Waals surface area contributed by atoms with Crippen molar-refractivity contribution in [2.45, 2.75) is 19.9 Å². The molecule has 3 aliphatic rings. The third kappa shape index (κ3) is 4.32. The zero-order valence-corrected chi connectivity index (χ0v) is 18.3. The highest BCUT2D eigenvalue weighted by Gasteiger charge is 2.58. The highest BCUT2D eigenvalue weighted by molar-refractivity contribution is 6.06. The predicted octanol–water partition coefficient (Wildman–Crippen LogP) is 1.73. The monoisotopic (exact) mass is 439 g/mol. The van der Waals surface area contributed by atoms with Gasteiger partial charge in [-0.15, -0.1) is 0 Å². The zero-order valence-electron chi connectivity index (χ0n) is 18.3. The summed E-state index contributed by atoms with van der Waals surface area (Å²) in [5.74, 6) is 0.708. The Morgan fingerprint density at radius 3 is 2.34 bits per heavy atom. The molecule has 1 aliphatic heterocycles. The summed E-state index contributed by atoms with van der Waals surface area (Å²) < 4.78 is 4.58. The molecule has 2 aliphatic carbocycles. The van der Waals surface area contributed by atoms with Crippen LogP contribution >= 0.6 is 0 Å². The number of anilines is 1. The number of nitrogens with zero attached hydrogens (tertiary/aromatic N) is 2. The van der Waals surface area contributed by atoms with Crippen LogP contribution < -0.4 is 16.0 Å². The molecule has 32 heavy (non-hydrogen) atoms. The number of aliphatic imine (C=N–C) groups is 1. The van der Waals surface area contributed by atoms with Crippen molar-refractivity contribution in [3.8, 4) is 0 Å². The minimum absolute atomic E-state index is 0.0266. The van der Waals surface area contributed by atoms with Crippen LogP contribution in [0.15, 0.2) is 41.4 Å². The van der Waals surface area contributed by atoms with Gasteiger partial charge in [0.15, 0.2) is 5.96 Å². The van der Waals surface area contributed by atoms with Gasteiger partial charge in [-0.05, 0) is 42.9 Å². The second-order valence-corrected chi connectivity index (χ2v) is 8.26. The van der Waals surface area contributed by atoms with Crippen LogP contribution in [0.3, 0.4) is 0 Å². The molecule has 170 valence electrons. The predicted molar refractivity (Wildman–Crippen MR) is 120 cm³/mol. The van der Waals surface area contributed by atoms with Gasteiger partial charge in [-0.1, -0.05) is 24.3 Å². The molecule has 1 heterocycles. The molecule has 0 aromatic heterocycles. The number of methoxy groups -OCH3 is 1. The number of hydrogen-bond acceptors (Lipinski definition) is 5. The minimum atomic E-state index is -0.517. The Kier molecular flexibility index (Phi) is 6.43. The van der Waals surface area contributed by atoms with E-state index in [-0.39, 0.29) is 35.5 Å². The van der Waals surface area contributed by atoms with Crippen molar-refractivity contribution in [2.75, 3.05) is 32.1 Å². The van der Waals surface area contributed by atoms with Gasteiger partial charge in [0.1, 0.15) is 0 Å². The van der Waals surface area contributed by atoms with Crippen LogP contribution in [0.4, 0.5) is 10.5 Å². The molecule has 4 unspecified atom stereocenters. The highest BCUT2D eigenvalue weighted by Crippen LogP contribution is 2.52. The van der Waals surface area contributed by atoms with Crippen molar-refractivity contribution in [1.29, 1.82) is 0 Å². The number of guanidine groups is 1. The quantitative estimate of drug-likeness (QED) is 0.258. The number of carbonyl (C=O) groups excluding carboxylic acids is 3. The molecule has 9 heteroatoms. The van der Waals surface area contributed by atoms with E-state index in [0.29, 0.717) is 37.8 Å². The van der Waals surface area contributed by atoms with Gasteiger partial charge in [-0.25, -0.2) is 9.79 Å². The minimum Gasteiger partial charge on any atom is -0.453 e. The topological polar surface area (TPSA) is 112 Å². The normalized spacial score (nSPS) is 25.8. The molecule has 4 rings (SSSR count). The van der Waals surface area contributed by atoms with Crippen LogP contribution in [0.1, 0.15) is 18.9 Å². The molecule has 9 nitrogen and oxygen atoms in total. The van der Waals surface area contributed by atoms with Crippen molar-refractivity contribution in [2.24, 2.45) is 28.7 Å². The molecule has 1 saturated carbocycles. The Bertz CT molecular complexity index is 912. The number of hydrogen-bond donors (Lipinski definition) is 3. The van der Waals surface area contributed by atoms with Crippen LogP contribution in [0.25, 0.3) is 0 Å². The fraction of sp³-hybridized carbons (Fsp3) is 0.478. The molecule has 3 N–H and O–H groups in total. The number of amides is 3. The lowest BCUT2D eigenvalue weighted by atomic mass is 9.85. The molecule has 2 bridgehead atoms. The van der Waals surface area contributed by atoms with Gasteiger partial charge in [0.05, 0.1) is 25.5 Å². The molecule has 1 aromatic rings. The molecular weight excluding hydrogens is 410 g/mol. The van der Waals surface area contributed by atoms with Crippen molar-refractivity contribution < 1.29 is 19.1 Å². The summed E-state index contributed by atoms with van der Waals surface area (Å²) in [6.45, 7) is 3.88. The van der Waals surface area contributed by atoms with Crippen molar-refractivity contribution >= 4 is 29.6 Å². The summed E-state index contributed by atoms with van der Waals surface area (Å²) in [4.78, 5) is 42.8. The number of fused-ring (bicyclic) bond motifs is 5. The van der Waals surface area contributed by atoms with Crippen LogP contribution in [0, 0.1) is 23.7 Å². The Hall–Kier alpha value is -3.36.